The summed E-state index contributed by atoms with van der Waals surface area (Å²) in [5.41, 5.74) is 4.15. The van der Waals surface area contributed by atoms with Crippen LogP contribution in [0.3, 0.4) is 0 Å². The molecule has 0 unspecified atom stereocenters. The molecular weight excluding hydrogens is 338 g/mol. The van der Waals surface area contributed by atoms with Crippen LogP contribution >= 0.6 is 0 Å². The molecule has 0 amide bonds. The van der Waals surface area contributed by atoms with Crippen LogP contribution < -0.4 is 11.5 Å². The van der Waals surface area contributed by atoms with Crippen LogP contribution in [-0.2, 0) is 10.3 Å². The van der Waals surface area contributed by atoms with Crippen molar-refractivity contribution in [1.82, 2.24) is 0 Å². The normalized spacial score (nSPS) is 18.2. The fourth-order valence-corrected chi connectivity index (χ4v) is 2.24. The SMILES string of the molecule is NC1(N)C=CC(OC(c2ccccc2)(C(F)(F)F)C(F)(F)F)=CC1. The molecule has 0 aliphatic heterocycles. The number of hydrogen-bond acceptors (Lipinski definition) is 3. The maximum atomic E-state index is 13.5. The third-order valence-electron chi connectivity index (χ3n) is 3.46. The van der Waals surface area contributed by atoms with E-state index in [1.165, 1.54) is 6.07 Å². The maximum Gasteiger partial charge on any atom is 0.442 e. The van der Waals surface area contributed by atoms with Crippen LogP contribution in [0.5, 0.6) is 0 Å². The van der Waals surface area contributed by atoms with Gasteiger partial charge in [0.2, 0.25) is 0 Å². The molecule has 0 bridgehead atoms. The Balaban J connectivity index is 2.56. The summed E-state index contributed by atoms with van der Waals surface area (Å²) >= 11 is 0. The van der Waals surface area contributed by atoms with Crippen molar-refractivity contribution in [3.05, 3.63) is 59.9 Å². The van der Waals surface area contributed by atoms with E-state index in [0.717, 1.165) is 30.4 Å². The zero-order valence-electron chi connectivity index (χ0n) is 12.2. The van der Waals surface area contributed by atoms with E-state index in [1.54, 1.807) is 0 Å². The van der Waals surface area contributed by atoms with Gasteiger partial charge in [-0.1, -0.05) is 30.3 Å². The molecular formula is C15H14F6N2O. The molecule has 1 aliphatic carbocycles. The number of allylic oxidation sites excluding steroid dienone is 1. The standard InChI is InChI=1S/C15H14F6N2O/c16-14(17,18)13(15(19,20)21,10-4-2-1-3-5-10)24-11-6-8-12(22,23)9-7-11/h1-8H,9,22-23H2. The predicted molar refractivity (Wildman–Crippen MR) is 74.3 cm³/mol. The van der Waals surface area contributed by atoms with Gasteiger partial charge >= 0.3 is 18.0 Å². The van der Waals surface area contributed by atoms with Crippen LogP contribution in [0.1, 0.15) is 12.0 Å². The highest BCUT2D eigenvalue weighted by molar-refractivity contribution is 5.31. The Morgan fingerprint density at radius 1 is 0.917 bits per heavy atom. The van der Waals surface area contributed by atoms with Gasteiger partial charge in [0.15, 0.2) is 0 Å². The molecule has 9 heteroatoms. The van der Waals surface area contributed by atoms with E-state index in [1.807, 2.05) is 0 Å². The van der Waals surface area contributed by atoms with Gasteiger partial charge in [0.1, 0.15) is 5.76 Å². The third kappa shape index (κ3) is 3.27. The number of rotatable bonds is 3. The van der Waals surface area contributed by atoms with Crippen molar-refractivity contribution in [3.8, 4) is 0 Å². The van der Waals surface area contributed by atoms with Crippen LogP contribution in [0.4, 0.5) is 26.3 Å². The molecule has 0 heterocycles. The largest absolute Gasteiger partial charge is 0.465 e. The highest BCUT2D eigenvalue weighted by Crippen LogP contribution is 2.54. The van der Waals surface area contributed by atoms with Gasteiger partial charge in [-0.15, -0.1) is 0 Å². The molecule has 1 aromatic rings. The number of halogens is 6. The van der Waals surface area contributed by atoms with Crippen molar-refractivity contribution >= 4 is 0 Å². The quantitative estimate of drug-likeness (QED) is 0.647. The molecule has 132 valence electrons. The van der Waals surface area contributed by atoms with Gasteiger partial charge in [-0.3, -0.25) is 0 Å². The average Bonchev–Trinajstić information content (AvgIpc) is 2.44. The summed E-state index contributed by atoms with van der Waals surface area (Å²) in [5.74, 6) is -0.611. The predicted octanol–water partition coefficient (Wildman–Crippen LogP) is 3.48. The minimum Gasteiger partial charge on any atom is -0.465 e. The average molecular weight is 352 g/mol. The molecule has 0 saturated carbocycles. The highest BCUT2D eigenvalue weighted by Gasteiger charge is 2.74. The smallest absolute Gasteiger partial charge is 0.442 e. The van der Waals surface area contributed by atoms with E-state index in [4.69, 9.17) is 11.5 Å². The molecule has 0 saturated heterocycles. The van der Waals surface area contributed by atoms with Gasteiger partial charge < -0.3 is 16.2 Å². The Morgan fingerprint density at radius 3 is 1.88 bits per heavy atom. The lowest BCUT2D eigenvalue weighted by molar-refractivity contribution is -0.379. The van der Waals surface area contributed by atoms with Crippen LogP contribution in [-0.4, -0.2) is 18.0 Å². The van der Waals surface area contributed by atoms with E-state index in [0.29, 0.717) is 12.1 Å². The van der Waals surface area contributed by atoms with Gasteiger partial charge in [0, 0.05) is 12.0 Å². The Labute approximate surface area is 133 Å². The minimum atomic E-state index is -5.75. The summed E-state index contributed by atoms with van der Waals surface area (Å²) in [7, 11) is 0. The fraction of sp³-hybridized carbons (Fsp3) is 0.333. The van der Waals surface area contributed by atoms with Gasteiger partial charge in [-0.25, -0.2) is 0 Å². The van der Waals surface area contributed by atoms with Crippen molar-refractivity contribution in [2.45, 2.75) is 30.0 Å². The summed E-state index contributed by atoms with van der Waals surface area (Å²) in [4.78, 5) is 0. The number of benzene rings is 1. The van der Waals surface area contributed by atoms with Crippen molar-refractivity contribution in [2.75, 3.05) is 0 Å². The monoisotopic (exact) mass is 352 g/mol. The number of nitrogens with two attached hydrogens (primary N) is 2. The Hall–Kier alpha value is -2.00. The zero-order valence-corrected chi connectivity index (χ0v) is 12.2. The van der Waals surface area contributed by atoms with E-state index in [9.17, 15) is 26.3 Å². The third-order valence-corrected chi connectivity index (χ3v) is 3.46. The summed E-state index contributed by atoms with van der Waals surface area (Å²) in [5, 5.41) is 0. The van der Waals surface area contributed by atoms with Crippen LogP contribution in [0.15, 0.2) is 54.3 Å². The summed E-state index contributed by atoms with van der Waals surface area (Å²) in [6.45, 7) is 0. The van der Waals surface area contributed by atoms with E-state index >= 15 is 0 Å². The molecule has 3 nitrogen and oxygen atoms in total. The second kappa shape index (κ2) is 5.82. The molecule has 0 radical (unpaired) electrons. The summed E-state index contributed by atoms with van der Waals surface area (Å²) in [6, 6.07) is 4.87. The molecule has 1 aliphatic rings. The Morgan fingerprint density at radius 2 is 1.46 bits per heavy atom. The number of alkyl halides is 6. The van der Waals surface area contributed by atoms with Gasteiger partial charge in [-0.2, -0.15) is 26.3 Å². The zero-order chi connectivity index (χ0) is 18.2. The lowest BCUT2D eigenvalue weighted by Gasteiger charge is -2.38. The minimum absolute atomic E-state index is 0.167. The molecule has 0 spiro atoms. The molecule has 24 heavy (non-hydrogen) atoms. The first-order valence-corrected chi connectivity index (χ1v) is 6.74. The second-order valence-electron chi connectivity index (χ2n) is 5.40. The second-order valence-corrected chi connectivity index (χ2v) is 5.40. The van der Waals surface area contributed by atoms with E-state index < -0.39 is 34.9 Å². The lowest BCUT2D eigenvalue weighted by atomic mass is 9.91. The van der Waals surface area contributed by atoms with Crippen molar-refractivity contribution in [3.63, 3.8) is 0 Å². The molecule has 4 N–H and O–H groups in total. The highest BCUT2D eigenvalue weighted by atomic mass is 19.4. The fourth-order valence-electron chi connectivity index (χ4n) is 2.24. The van der Waals surface area contributed by atoms with Crippen molar-refractivity contribution in [1.29, 1.82) is 0 Å². The molecule has 1 aromatic carbocycles. The van der Waals surface area contributed by atoms with E-state index in [-0.39, 0.29) is 6.42 Å². The first-order chi connectivity index (χ1) is 10.9. The first kappa shape index (κ1) is 18.3. The summed E-state index contributed by atoms with van der Waals surface area (Å²) < 4.78 is 85.6. The summed E-state index contributed by atoms with van der Waals surface area (Å²) in [6.07, 6.45) is -8.68. The van der Waals surface area contributed by atoms with Gasteiger partial charge in [0.05, 0.1) is 5.66 Å². The Bertz CT molecular complexity index is 632. The number of hydrogen-bond donors (Lipinski definition) is 2. The number of ether oxygens (including phenoxy) is 1. The van der Waals surface area contributed by atoms with Crippen LogP contribution in [0.25, 0.3) is 0 Å². The first-order valence-electron chi connectivity index (χ1n) is 6.74. The molecule has 2 rings (SSSR count). The van der Waals surface area contributed by atoms with Crippen molar-refractivity contribution in [2.24, 2.45) is 11.5 Å². The molecule has 0 aromatic heterocycles. The lowest BCUT2D eigenvalue weighted by Crippen LogP contribution is -2.56. The topological polar surface area (TPSA) is 61.3 Å². The van der Waals surface area contributed by atoms with Gasteiger partial charge in [0.25, 0.3) is 0 Å². The van der Waals surface area contributed by atoms with E-state index in [2.05, 4.69) is 4.74 Å². The molecule has 0 fully saturated rings. The maximum absolute atomic E-state index is 13.5. The Kier molecular flexibility index (Phi) is 4.45. The molecule has 0 atom stereocenters. The van der Waals surface area contributed by atoms with Gasteiger partial charge in [-0.05, 0) is 18.2 Å². The van der Waals surface area contributed by atoms with Crippen LogP contribution in [0, 0.1) is 0 Å². The van der Waals surface area contributed by atoms with Crippen LogP contribution in [0.2, 0.25) is 0 Å². The van der Waals surface area contributed by atoms with Crippen molar-refractivity contribution < 1.29 is 31.1 Å².